The summed E-state index contributed by atoms with van der Waals surface area (Å²) in [6.45, 7) is 0. The molecule has 1 aliphatic rings. The lowest BCUT2D eigenvalue weighted by Crippen LogP contribution is -2.54. The Morgan fingerprint density at radius 2 is 1.81 bits per heavy atom. The van der Waals surface area contributed by atoms with Gasteiger partial charge in [0.15, 0.2) is 16.6 Å². The van der Waals surface area contributed by atoms with Crippen molar-refractivity contribution in [2.75, 3.05) is 19.1 Å². The third-order valence-electron chi connectivity index (χ3n) is 3.89. The molecule has 8 heteroatoms. The number of carbonyl (C=O) groups excluding carboxylic acids is 2. The monoisotopic (exact) mass is 402 g/mol. The van der Waals surface area contributed by atoms with Crippen molar-refractivity contribution in [1.29, 1.82) is 0 Å². The molecule has 1 N–H and O–H groups in total. The zero-order chi connectivity index (χ0) is 19.6. The third kappa shape index (κ3) is 3.79. The molecule has 0 spiro atoms. The van der Waals surface area contributed by atoms with Crippen molar-refractivity contribution in [2.45, 2.75) is 0 Å². The number of amides is 2. The van der Waals surface area contributed by atoms with Gasteiger partial charge in [0.1, 0.15) is 5.57 Å². The molecule has 0 radical (unpaired) electrons. The number of carbonyl (C=O) groups is 2. The van der Waals surface area contributed by atoms with Crippen LogP contribution in [0.15, 0.2) is 48.0 Å². The molecule has 0 aliphatic carbocycles. The summed E-state index contributed by atoms with van der Waals surface area (Å²) in [4.78, 5) is 26.5. The van der Waals surface area contributed by atoms with Gasteiger partial charge in [0.05, 0.1) is 19.9 Å². The molecule has 3 rings (SSSR count). The van der Waals surface area contributed by atoms with Crippen LogP contribution in [0.5, 0.6) is 11.5 Å². The first-order chi connectivity index (χ1) is 12.9. The maximum Gasteiger partial charge on any atom is 0.270 e. The molecule has 0 saturated carbocycles. The van der Waals surface area contributed by atoms with Gasteiger partial charge in [-0.2, -0.15) is 0 Å². The highest BCUT2D eigenvalue weighted by atomic mass is 35.5. The molecule has 0 unspecified atom stereocenters. The lowest BCUT2D eigenvalue weighted by Gasteiger charge is -2.29. The van der Waals surface area contributed by atoms with Crippen molar-refractivity contribution in [1.82, 2.24) is 5.32 Å². The standard InChI is InChI=1S/C19H15ClN2O4S/c1-25-15-7-6-11(9-16(15)26-2)8-14-17(23)21-19(27)22(18(14)24)13-5-3-4-12(20)10-13/h3-10H,1-2H3,(H,21,23,27)/b14-8+. The summed E-state index contributed by atoms with van der Waals surface area (Å²) in [5, 5.41) is 2.98. The Kier molecular flexibility index (Phi) is 5.43. The van der Waals surface area contributed by atoms with Crippen molar-refractivity contribution < 1.29 is 19.1 Å². The maximum absolute atomic E-state index is 13.0. The average Bonchev–Trinajstić information content (AvgIpc) is 2.64. The number of hydrogen-bond donors (Lipinski definition) is 1. The Labute approximate surface area is 166 Å². The van der Waals surface area contributed by atoms with E-state index in [1.54, 1.807) is 42.5 Å². The number of nitrogens with zero attached hydrogens (tertiary/aromatic N) is 1. The minimum Gasteiger partial charge on any atom is -0.493 e. The van der Waals surface area contributed by atoms with E-state index in [0.29, 0.717) is 27.8 Å². The van der Waals surface area contributed by atoms with Crippen LogP contribution in [-0.4, -0.2) is 31.1 Å². The Morgan fingerprint density at radius 1 is 1.07 bits per heavy atom. The van der Waals surface area contributed by atoms with Gasteiger partial charge < -0.3 is 9.47 Å². The summed E-state index contributed by atoms with van der Waals surface area (Å²) < 4.78 is 10.4. The van der Waals surface area contributed by atoms with Crippen LogP contribution in [0.2, 0.25) is 5.02 Å². The molecule has 1 saturated heterocycles. The summed E-state index contributed by atoms with van der Waals surface area (Å²) >= 11 is 11.2. The van der Waals surface area contributed by atoms with Crippen molar-refractivity contribution in [2.24, 2.45) is 0 Å². The summed E-state index contributed by atoms with van der Waals surface area (Å²) in [6, 6.07) is 11.7. The number of nitrogens with one attached hydrogen (secondary N) is 1. The predicted molar refractivity (Wildman–Crippen MR) is 107 cm³/mol. The Bertz CT molecular complexity index is 974. The normalized spacial score (nSPS) is 15.7. The van der Waals surface area contributed by atoms with Gasteiger partial charge >= 0.3 is 0 Å². The van der Waals surface area contributed by atoms with Crippen LogP contribution in [-0.2, 0) is 9.59 Å². The van der Waals surface area contributed by atoms with E-state index < -0.39 is 11.8 Å². The highest BCUT2D eigenvalue weighted by Gasteiger charge is 2.34. The van der Waals surface area contributed by atoms with Crippen LogP contribution in [0.3, 0.4) is 0 Å². The molecular formula is C19H15ClN2O4S. The van der Waals surface area contributed by atoms with E-state index in [0.717, 1.165) is 0 Å². The SMILES string of the molecule is COc1ccc(/C=C2\C(=O)NC(=S)N(c3cccc(Cl)c3)C2=O)cc1OC. The molecule has 0 atom stereocenters. The van der Waals surface area contributed by atoms with Gasteiger partial charge in [-0.15, -0.1) is 0 Å². The van der Waals surface area contributed by atoms with Gasteiger partial charge in [0, 0.05) is 5.02 Å². The lowest BCUT2D eigenvalue weighted by molar-refractivity contribution is -0.122. The van der Waals surface area contributed by atoms with Crippen LogP contribution in [0.4, 0.5) is 5.69 Å². The van der Waals surface area contributed by atoms with E-state index in [2.05, 4.69) is 5.32 Å². The molecule has 1 fully saturated rings. The number of ether oxygens (including phenoxy) is 2. The average molecular weight is 403 g/mol. The molecule has 1 heterocycles. The Morgan fingerprint density at radius 3 is 2.48 bits per heavy atom. The molecule has 138 valence electrons. The second-order valence-electron chi connectivity index (χ2n) is 5.55. The summed E-state index contributed by atoms with van der Waals surface area (Å²) in [6.07, 6.45) is 1.47. The molecule has 1 aliphatic heterocycles. The van der Waals surface area contributed by atoms with Crippen LogP contribution < -0.4 is 19.7 Å². The quantitative estimate of drug-likeness (QED) is 0.483. The minimum absolute atomic E-state index is 0.00303. The first-order valence-corrected chi connectivity index (χ1v) is 8.62. The number of hydrogen-bond acceptors (Lipinski definition) is 5. The van der Waals surface area contributed by atoms with E-state index >= 15 is 0 Å². The lowest BCUT2D eigenvalue weighted by atomic mass is 10.1. The first kappa shape index (κ1) is 18.9. The summed E-state index contributed by atoms with van der Waals surface area (Å²) in [5.74, 6) is -0.0857. The van der Waals surface area contributed by atoms with Gasteiger partial charge in [0.2, 0.25) is 0 Å². The van der Waals surface area contributed by atoms with Gasteiger partial charge in [-0.25, -0.2) is 0 Å². The highest BCUT2D eigenvalue weighted by molar-refractivity contribution is 7.80. The van der Waals surface area contributed by atoms with Crippen molar-refractivity contribution >= 4 is 52.5 Å². The van der Waals surface area contributed by atoms with E-state index in [-0.39, 0.29) is 10.7 Å². The minimum atomic E-state index is -0.571. The topological polar surface area (TPSA) is 67.9 Å². The predicted octanol–water partition coefficient (Wildman–Crippen LogP) is 3.19. The number of thiocarbonyl (C=S) groups is 1. The molecule has 2 aromatic rings. The molecular weight excluding hydrogens is 388 g/mol. The maximum atomic E-state index is 13.0. The van der Waals surface area contributed by atoms with E-state index in [9.17, 15) is 9.59 Å². The fraction of sp³-hybridized carbons (Fsp3) is 0.105. The molecule has 27 heavy (non-hydrogen) atoms. The zero-order valence-electron chi connectivity index (χ0n) is 14.5. The number of benzene rings is 2. The number of halogens is 1. The largest absolute Gasteiger partial charge is 0.493 e. The van der Waals surface area contributed by atoms with Gasteiger partial charge in [-0.05, 0) is 54.2 Å². The third-order valence-corrected chi connectivity index (χ3v) is 4.41. The Hall–Kier alpha value is -2.90. The molecule has 6 nitrogen and oxygen atoms in total. The Balaban J connectivity index is 2.02. The number of methoxy groups -OCH3 is 2. The fourth-order valence-electron chi connectivity index (χ4n) is 2.62. The molecule has 0 bridgehead atoms. The number of anilines is 1. The van der Waals surface area contributed by atoms with Gasteiger partial charge in [0.25, 0.3) is 11.8 Å². The van der Waals surface area contributed by atoms with Gasteiger partial charge in [-0.1, -0.05) is 23.7 Å². The van der Waals surface area contributed by atoms with E-state index in [4.69, 9.17) is 33.3 Å². The number of rotatable bonds is 4. The van der Waals surface area contributed by atoms with Crippen LogP contribution >= 0.6 is 23.8 Å². The van der Waals surface area contributed by atoms with Crippen LogP contribution in [0, 0.1) is 0 Å². The zero-order valence-corrected chi connectivity index (χ0v) is 16.1. The summed E-state index contributed by atoms with van der Waals surface area (Å²) in [5.41, 5.74) is 1.01. The van der Waals surface area contributed by atoms with Gasteiger partial charge in [-0.3, -0.25) is 19.8 Å². The summed E-state index contributed by atoms with van der Waals surface area (Å²) in [7, 11) is 3.03. The fourth-order valence-corrected chi connectivity index (χ4v) is 3.08. The smallest absolute Gasteiger partial charge is 0.270 e. The van der Waals surface area contributed by atoms with Crippen molar-refractivity contribution in [3.8, 4) is 11.5 Å². The van der Waals surface area contributed by atoms with Crippen LogP contribution in [0.1, 0.15) is 5.56 Å². The van der Waals surface area contributed by atoms with E-state index in [1.807, 2.05) is 0 Å². The van der Waals surface area contributed by atoms with Crippen molar-refractivity contribution in [3.63, 3.8) is 0 Å². The van der Waals surface area contributed by atoms with Crippen LogP contribution in [0.25, 0.3) is 6.08 Å². The second-order valence-corrected chi connectivity index (χ2v) is 6.38. The highest BCUT2D eigenvalue weighted by Crippen LogP contribution is 2.29. The molecule has 2 aromatic carbocycles. The first-order valence-electron chi connectivity index (χ1n) is 7.83. The second kappa shape index (κ2) is 7.77. The molecule has 0 aromatic heterocycles. The van der Waals surface area contributed by atoms with Crippen molar-refractivity contribution in [3.05, 3.63) is 58.6 Å². The molecule has 2 amide bonds. The van der Waals surface area contributed by atoms with E-state index in [1.165, 1.54) is 25.2 Å².